The molecular formula is C23H20N4O3S2. The Balaban J connectivity index is 1.39. The number of anilines is 1. The number of benzene rings is 2. The van der Waals surface area contributed by atoms with Crippen molar-refractivity contribution in [2.75, 3.05) is 4.72 Å². The molecule has 0 radical (unpaired) electrons. The minimum atomic E-state index is -3.75. The fourth-order valence-electron chi connectivity index (χ4n) is 2.98. The zero-order valence-corrected chi connectivity index (χ0v) is 18.8. The molecule has 2 heterocycles. The third kappa shape index (κ3) is 5.01. The maximum absolute atomic E-state index is 12.6. The van der Waals surface area contributed by atoms with Crippen LogP contribution in [0.2, 0.25) is 0 Å². The van der Waals surface area contributed by atoms with Gasteiger partial charge in [0.25, 0.3) is 15.9 Å². The van der Waals surface area contributed by atoms with Gasteiger partial charge in [0.2, 0.25) is 0 Å². The van der Waals surface area contributed by atoms with Crippen molar-refractivity contribution in [2.45, 2.75) is 18.4 Å². The van der Waals surface area contributed by atoms with E-state index in [4.69, 9.17) is 0 Å². The van der Waals surface area contributed by atoms with Crippen LogP contribution in [0.1, 0.15) is 20.9 Å². The number of rotatable bonds is 7. The summed E-state index contributed by atoms with van der Waals surface area (Å²) in [5, 5.41) is 5.52. The summed E-state index contributed by atoms with van der Waals surface area (Å²) in [4.78, 5) is 21.1. The smallest absolute Gasteiger partial charge is 0.261 e. The highest BCUT2D eigenvalue weighted by atomic mass is 32.2. The van der Waals surface area contributed by atoms with Gasteiger partial charge in [0.1, 0.15) is 5.01 Å². The fourth-order valence-corrected chi connectivity index (χ4v) is 4.86. The molecule has 2 N–H and O–H groups in total. The second-order valence-corrected chi connectivity index (χ2v) is 9.61. The number of aromatic nitrogens is 2. The number of carbonyl (C=O) groups excluding carboxylic acids is 1. The van der Waals surface area contributed by atoms with E-state index in [2.05, 4.69) is 20.0 Å². The second kappa shape index (κ2) is 9.29. The van der Waals surface area contributed by atoms with Gasteiger partial charge in [-0.3, -0.25) is 14.5 Å². The third-order valence-electron chi connectivity index (χ3n) is 4.74. The maximum atomic E-state index is 12.6. The molecule has 4 rings (SSSR count). The fraction of sp³-hybridized carbons (Fsp3) is 0.0870. The highest BCUT2D eigenvalue weighted by molar-refractivity contribution is 7.92. The SMILES string of the molecule is Cc1ccccc1NS(=O)(=O)c1ccc(C(=O)NCc2nc(-c3ccncc3)cs2)cc1. The molecule has 0 saturated heterocycles. The van der Waals surface area contributed by atoms with Crippen LogP contribution in [0.15, 0.2) is 83.3 Å². The maximum Gasteiger partial charge on any atom is 0.261 e. The molecule has 7 nitrogen and oxygen atoms in total. The van der Waals surface area contributed by atoms with Crippen molar-refractivity contribution in [3.8, 4) is 11.3 Å². The Morgan fingerprint density at radius 3 is 2.44 bits per heavy atom. The van der Waals surface area contributed by atoms with Crippen LogP contribution in [0.25, 0.3) is 11.3 Å². The van der Waals surface area contributed by atoms with Crippen molar-refractivity contribution in [3.63, 3.8) is 0 Å². The molecule has 2 aromatic carbocycles. The number of carbonyl (C=O) groups is 1. The Bertz CT molecular complexity index is 1340. The van der Waals surface area contributed by atoms with Crippen LogP contribution in [0.5, 0.6) is 0 Å². The quantitative estimate of drug-likeness (QED) is 0.426. The number of para-hydroxylation sites is 1. The monoisotopic (exact) mass is 464 g/mol. The summed E-state index contributed by atoms with van der Waals surface area (Å²) in [6.45, 7) is 2.11. The number of pyridine rings is 1. The lowest BCUT2D eigenvalue weighted by molar-refractivity contribution is 0.0950. The molecule has 0 spiro atoms. The molecule has 0 aliphatic rings. The van der Waals surface area contributed by atoms with E-state index < -0.39 is 10.0 Å². The molecular weight excluding hydrogens is 444 g/mol. The first kappa shape index (κ1) is 21.7. The van der Waals surface area contributed by atoms with Crippen LogP contribution in [0.4, 0.5) is 5.69 Å². The van der Waals surface area contributed by atoms with Crippen LogP contribution >= 0.6 is 11.3 Å². The number of hydrogen-bond donors (Lipinski definition) is 2. The number of sulfonamides is 1. The summed E-state index contributed by atoms with van der Waals surface area (Å²) in [7, 11) is -3.75. The van der Waals surface area contributed by atoms with Crippen molar-refractivity contribution in [3.05, 3.63) is 94.6 Å². The van der Waals surface area contributed by atoms with E-state index in [1.165, 1.54) is 35.6 Å². The van der Waals surface area contributed by atoms with Crippen molar-refractivity contribution in [1.29, 1.82) is 0 Å². The molecule has 0 aliphatic heterocycles. The Morgan fingerprint density at radius 2 is 1.72 bits per heavy atom. The van der Waals surface area contributed by atoms with E-state index in [-0.39, 0.29) is 17.3 Å². The van der Waals surface area contributed by atoms with Crippen molar-refractivity contribution < 1.29 is 13.2 Å². The average molecular weight is 465 g/mol. The van der Waals surface area contributed by atoms with Gasteiger partial charge in [0.15, 0.2) is 0 Å². The predicted molar refractivity (Wildman–Crippen MR) is 125 cm³/mol. The minimum Gasteiger partial charge on any atom is -0.346 e. The summed E-state index contributed by atoms with van der Waals surface area (Å²) in [6.07, 6.45) is 3.41. The summed E-state index contributed by atoms with van der Waals surface area (Å²) in [5.74, 6) is -0.304. The molecule has 2 aromatic heterocycles. The van der Waals surface area contributed by atoms with Crippen molar-refractivity contribution >= 4 is 33.0 Å². The molecule has 162 valence electrons. The number of nitrogens with zero attached hydrogens (tertiary/aromatic N) is 2. The van der Waals surface area contributed by atoms with Crippen molar-refractivity contribution in [1.82, 2.24) is 15.3 Å². The number of thiazole rings is 1. The second-order valence-electron chi connectivity index (χ2n) is 6.99. The summed E-state index contributed by atoms with van der Waals surface area (Å²) < 4.78 is 27.9. The van der Waals surface area contributed by atoms with Gasteiger partial charge in [-0.05, 0) is 55.0 Å². The molecule has 0 bridgehead atoms. The standard InChI is InChI=1S/C23H20N4O3S2/c1-16-4-2-3-5-20(16)27-32(29,30)19-8-6-18(7-9-19)23(28)25-14-22-26-21(15-31-22)17-10-12-24-13-11-17/h2-13,15,27H,14H2,1H3,(H,25,28). The number of amides is 1. The summed E-state index contributed by atoms with van der Waals surface area (Å²) in [5.41, 5.74) is 3.50. The molecule has 1 amide bonds. The summed E-state index contributed by atoms with van der Waals surface area (Å²) in [6, 6.07) is 16.7. The van der Waals surface area contributed by atoms with Crippen LogP contribution in [-0.4, -0.2) is 24.3 Å². The lowest BCUT2D eigenvalue weighted by atomic mass is 10.2. The topological polar surface area (TPSA) is 101 Å². The zero-order chi connectivity index (χ0) is 22.6. The zero-order valence-electron chi connectivity index (χ0n) is 17.1. The van der Waals surface area contributed by atoms with E-state index in [1.54, 1.807) is 24.5 Å². The molecule has 0 unspecified atom stereocenters. The lowest BCUT2D eigenvalue weighted by Crippen LogP contribution is -2.23. The first-order valence-corrected chi connectivity index (χ1v) is 12.1. The largest absolute Gasteiger partial charge is 0.346 e. The summed E-state index contributed by atoms with van der Waals surface area (Å²) >= 11 is 1.46. The highest BCUT2D eigenvalue weighted by Gasteiger charge is 2.16. The average Bonchev–Trinajstić information content (AvgIpc) is 3.29. The number of aryl methyl sites for hydroxylation is 1. The lowest BCUT2D eigenvalue weighted by Gasteiger charge is -2.11. The first-order valence-electron chi connectivity index (χ1n) is 9.74. The Labute approximate surface area is 190 Å². The Kier molecular flexibility index (Phi) is 6.29. The molecule has 0 atom stereocenters. The molecule has 9 heteroatoms. The van der Waals surface area contributed by atoms with Crippen LogP contribution in [0.3, 0.4) is 0 Å². The molecule has 0 aliphatic carbocycles. The van der Waals surface area contributed by atoms with Gasteiger partial charge in [-0.2, -0.15) is 0 Å². The van der Waals surface area contributed by atoms with E-state index in [9.17, 15) is 13.2 Å². The van der Waals surface area contributed by atoms with Gasteiger partial charge < -0.3 is 5.32 Å². The van der Waals surface area contributed by atoms with Gasteiger partial charge in [-0.25, -0.2) is 13.4 Å². The van der Waals surface area contributed by atoms with Gasteiger partial charge in [-0.15, -0.1) is 11.3 Å². The van der Waals surface area contributed by atoms with Gasteiger partial charge >= 0.3 is 0 Å². The molecule has 0 saturated carbocycles. The minimum absolute atomic E-state index is 0.0826. The predicted octanol–water partition coefficient (Wildman–Crippen LogP) is 4.24. The molecule has 32 heavy (non-hydrogen) atoms. The van der Waals surface area contributed by atoms with E-state index in [1.807, 2.05) is 36.6 Å². The van der Waals surface area contributed by atoms with Gasteiger partial charge in [0.05, 0.1) is 22.8 Å². The van der Waals surface area contributed by atoms with Gasteiger partial charge in [-0.1, -0.05) is 18.2 Å². The number of hydrogen-bond acceptors (Lipinski definition) is 6. The van der Waals surface area contributed by atoms with E-state index >= 15 is 0 Å². The van der Waals surface area contributed by atoms with Gasteiger partial charge in [0, 0.05) is 28.9 Å². The Hall–Kier alpha value is -3.56. The van der Waals surface area contributed by atoms with Crippen LogP contribution in [-0.2, 0) is 16.6 Å². The van der Waals surface area contributed by atoms with E-state index in [0.29, 0.717) is 11.3 Å². The molecule has 4 aromatic rings. The highest BCUT2D eigenvalue weighted by Crippen LogP contribution is 2.22. The normalized spacial score (nSPS) is 11.2. The van der Waals surface area contributed by atoms with Crippen LogP contribution < -0.4 is 10.0 Å². The Morgan fingerprint density at radius 1 is 1.00 bits per heavy atom. The molecule has 0 fully saturated rings. The third-order valence-corrected chi connectivity index (χ3v) is 6.97. The first-order chi connectivity index (χ1) is 15.4. The number of nitrogens with one attached hydrogen (secondary N) is 2. The van der Waals surface area contributed by atoms with Crippen molar-refractivity contribution in [2.24, 2.45) is 0 Å². The van der Waals surface area contributed by atoms with E-state index in [0.717, 1.165) is 21.8 Å². The van der Waals surface area contributed by atoms with Crippen LogP contribution in [0, 0.1) is 6.92 Å².